The highest BCUT2D eigenvalue weighted by Crippen LogP contribution is 2.32. The van der Waals surface area contributed by atoms with Crippen LogP contribution in [0.3, 0.4) is 0 Å². The van der Waals surface area contributed by atoms with Crippen LogP contribution >= 0.6 is 11.6 Å². The van der Waals surface area contributed by atoms with Gasteiger partial charge in [-0.3, -0.25) is 4.72 Å². The van der Waals surface area contributed by atoms with Crippen LogP contribution in [0, 0.1) is 0 Å². The van der Waals surface area contributed by atoms with Gasteiger partial charge in [0.05, 0.1) is 24.1 Å². The Morgan fingerprint density at radius 2 is 2.11 bits per heavy atom. The summed E-state index contributed by atoms with van der Waals surface area (Å²) in [6, 6.07) is 2.79. The van der Waals surface area contributed by atoms with Crippen LogP contribution in [0.4, 0.5) is 5.69 Å². The third kappa shape index (κ3) is 4.80. The Bertz CT molecular complexity index is 624. The molecular formula is C11H12ClNO5S. The van der Waals surface area contributed by atoms with Crippen molar-refractivity contribution in [3.63, 3.8) is 0 Å². The van der Waals surface area contributed by atoms with Crippen molar-refractivity contribution in [1.82, 2.24) is 0 Å². The van der Waals surface area contributed by atoms with Gasteiger partial charge in [-0.05, 0) is 18.2 Å². The van der Waals surface area contributed by atoms with Gasteiger partial charge in [-0.25, -0.2) is 13.2 Å². The molecule has 1 aromatic rings. The Kier molecular flexibility index (Phi) is 4.79. The van der Waals surface area contributed by atoms with Crippen LogP contribution in [0.2, 0.25) is 5.02 Å². The van der Waals surface area contributed by atoms with Crippen LogP contribution in [0.5, 0.6) is 5.75 Å². The van der Waals surface area contributed by atoms with Gasteiger partial charge < -0.3 is 9.84 Å². The van der Waals surface area contributed by atoms with Gasteiger partial charge in [0.2, 0.25) is 10.0 Å². The number of nitrogens with one attached hydrogen (secondary N) is 1. The number of sulfonamides is 1. The number of aliphatic carboxylic acids is 1. The predicted octanol–water partition coefficient (Wildman–Crippen LogP) is 1.82. The summed E-state index contributed by atoms with van der Waals surface area (Å²) < 4.78 is 29.7. The average Bonchev–Trinajstić information content (AvgIpc) is 2.25. The number of carboxylic acids is 1. The second-order valence-electron chi connectivity index (χ2n) is 3.62. The standard InChI is InChI=1S/C11H12ClNO5S/c1-18-10-5-7(3-4-11(14)15)9(6-8(10)12)13-19(2,16)17/h3-6,13H,1-2H3,(H,14,15)/b4-3+. The Morgan fingerprint density at radius 3 is 2.58 bits per heavy atom. The first kappa shape index (κ1) is 15.3. The SMILES string of the molecule is COc1cc(/C=C/C(=O)O)c(NS(C)(=O)=O)cc1Cl. The number of halogens is 1. The highest BCUT2D eigenvalue weighted by molar-refractivity contribution is 7.92. The molecular weight excluding hydrogens is 294 g/mol. The van der Waals surface area contributed by atoms with E-state index in [1.165, 1.54) is 25.3 Å². The van der Waals surface area contributed by atoms with Crippen LogP contribution in [0.25, 0.3) is 6.08 Å². The molecule has 0 spiro atoms. The van der Waals surface area contributed by atoms with Gasteiger partial charge in [0.15, 0.2) is 0 Å². The van der Waals surface area contributed by atoms with Gasteiger partial charge in [-0.2, -0.15) is 0 Å². The molecule has 0 saturated heterocycles. The molecule has 0 fully saturated rings. The van der Waals surface area contributed by atoms with Crippen LogP contribution in [-0.4, -0.2) is 32.9 Å². The summed E-state index contributed by atoms with van der Waals surface area (Å²) in [6.45, 7) is 0. The zero-order chi connectivity index (χ0) is 14.6. The number of benzene rings is 1. The number of hydrogen-bond donors (Lipinski definition) is 2. The summed E-state index contributed by atoms with van der Waals surface area (Å²) in [4.78, 5) is 10.5. The molecule has 0 aliphatic heterocycles. The van der Waals surface area contributed by atoms with Crippen molar-refractivity contribution in [3.8, 4) is 5.75 Å². The lowest BCUT2D eigenvalue weighted by molar-refractivity contribution is -0.131. The first-order valence-corrected chi connectivity index (χ1v) is 7.26. The minimum atomic E-state index is -3.51. The predicted molar refractivity (Wildman–Crippen MR) is 73.1 cm³/mol. The summed E-state index contributed by atoms with van der Waals surface area (Å²) in [5, 5.41) is 8.81. The number of anilines is 1. The van der Waals surface area contributed by atoms with Gasteiger partial charge in [0.25, 0.3) is 0 Å². The highest BCUT2D eigenvalue weighted by atomic mass is 35.5. The molecule has 0 saturated carbocycles. The molecule has 104 valence electrons. The molecule has 0 amide bonds. The molecule has 19 heavy (non-hydrogen) atoms. The lowest BCUT2D eigenvalue weighted by atomic mass is 10.1. The molecule has 0 aliphatic rings. The Morgan fingerprint density at radius 1 is 1.47 bits per heavy atom. The summed E-state index contributed by atoms with van der Waals surface area (Å²) in [5.74, 6) is -0.843. The lowest BCUT2D eigenvalue weighted by Gasteiger charge is -2.11. The monoisotopic (exact) mass is 305 g/mol. The molecule has 0 atom stereocenters. The topological polar surface area (TPSA) is 92.7 Å². The third-order valence-electron chi connectivity index (χ3n) is 2.02. The van der Waals surface area contributed by atoms with Crippen LogP contribution in [-0.2, 0) is 14.8 Å². The van der Waals surface area contributed by atoms with Gasteiger partial charge >= 0.3 is 5.97 Å². The van der Waals surface area contributed by atoms with Crippen molar-refractivity contribution in [2.24, 2.45) is 0 Å². The number of rotatable bonds is 5. The van der Waals surface area contributed by atoms with Crippen molar-refractivity contribution in [2.75, 3.05) is 18.1 Å². The minimum Gasteiger partial charge on any atom is -0.495 e. The van der Waals surface area contributed by atoms with Crippen LogP contribution < -0.4 is 9.46 Å². The maximum atomic E-state index is 11.2. The Hall–Kier alpha value is -1.73. The molecule has 0 aromatic heterocycles. The van der Waals surface area contributed by atoms with E-state index in [0.717, 1.165) is 12.3 Å². The summed E-state index contributed by atoms with van der Waals surface area (Å²) in [5.41, 5.74) is 0.500. The van der Waals surface area contributed by atoms with Crippen molar-refractivity contribution in [3.05, 3.63) is 28.8 Å². The number of carboxylic acid groups (broad SMARTS) is 1. The highest BCUT2D eigenvalue weighted by Gasteiger charge is 2.11. The Balaban J connectivity index is 3.34. The fraction of sp³-hybridized carbons (Fsp3) is 0.182. The van der Waals surface area contributed by atoms with E-state index in [4.69, 9.17) is 21.4 Å². The fourth-order valence-corrected chi connectivity index (χ4v) is 2.13. The van der Waals surface area contributed by atoms with Crippen molar-refractivity contribution in [1.29, 1.82) is 0 Å². The fourth-order valence-electron chi connectivity index (χ4n) is 1.31. The van der Waals surface area contributed by atoms with E-state index >= 15 is 0 Å². The second-order valence-corrected chi connectivity index (χ2v) is 5.78. The molecule has 0 heterocycles. The molecule has 0 aliphatic carbocycles. The Labute approximate surface area is 115 Å². The van der Waals surface area contributed by atoms with Gasteiger partial charge in [0, 0.05) is 11.6 Å². The van der Waals surface area contributed by atoms with Gasteiger partial charge in [-0.15, -0.1) is 0 Å². The van der Waals surface area contributed by atoms with Gasteiger partial charge in [-0.1, -0.05) is 11.6 Å². The maximum Gasteiger partial charge on any atom is 0.328 e. The number of methoxy groups -OCH3 is 1. The zero-order valence-corrected chi connectivity index (χ0v) is 11.7. The van der Waals surface area contributed by atoms with E-state index in [-0.39, 0.29) is 10.7 Å². The molecule has 8 heteroatoms. The number of ether oxygens (including phenoxy) is 1. The largest absolute Gasteiger partial charge is 0.495 e. The van der Waals surface area contributed by atoms with Crippen LogP contribution in [0.1, 0.15) is 5.56 Å². The quantitative estimate of drug-likeness (QED) is 0.809. The van der Waals surface area contributed by atoms with E-state index in [1.807, 2.05) is 0 Å². The van der Waals surface area contributed by atoms with Crippen molar-refractivity contribution in [2.45, 2.75) is 0 Å². The third-order valence-corrected chi connectivity index (χ3v) is 2.91. The smallest absolute Gasteiger partial charge is 0.328 e. The molecule has 0 unspecified atom stereocenters. The van der Waals surface area contributed by atoms with Crippen molar-refractivity contribution < 1.29 is 23.1 Å². The van der Waals surface area contributed by atoms with Crippen molar-refractivity contribution >= 4 is 39.4 Å². The number of carbonyl (C=O) groups is 1. The molecule has 0 radical (unpaired) electrons. The maximum absolute atomic E-state index is 11.2. The summed E-state index contributed by atoms with van der Waals surface area (Å²) >= 11 is 5.89. The molecule has 1 aromatic carbocycles. The molecule has 6 nitrogen and oxygen atoms in total. The minimum absolute atomic E-state index is 0.172. The second kappa shape index (κ2) is 5.94. The van der Waals surface area contributed by atoms with Crippen LogP contribution in [0.15, 0.2) is 18.2 Å². The van der Waals surface area contributed by atoms with Gasteiger partial charge in [0.1, 0.15) is 5.75 Å². The number of hydrogen-bond acceptors (Lipinski definition) is 4. The molecule has 0 bridgehead atoms. The van der Waals surface area contributed by atoms with E-state index < -0.39 is 16.0 Å². The van der Waals surface area contributed by atoms with E-state index in [1.54, 1.807) is 0 Å². The van der Waals surface area contributed by atoms with E-state index in [0.29, 0.717) is 11.3 Å². The average molecular weight is 306 g/mol. The summed E-state index contributed by atoms with van der Waals surface area (Å²) in [6.07, 6.45) is 3.11. The lowest BCUT2D eigenvalue weighted by Crippen LogP contribution is -2.10. The molecule has 2 N–H and O–H groups in total. The molecule has 1 rings (SSSR count). The zero-order valence-electron chi connectivity index (χ0n) is 10.2. The first-order chi connectivity index (χ1) is 8.73. The first-order valence-electron chi connectivity index (χ1n) is 4.99. The normalized spacial score (nSPS) is 11.5. The van der Waals surface area contributed by atoms with E-state index in [9.17, 15) is 13.2 Å². The van der Waals surface area contributed by atoms with E-state index in [2.05, 4.69) is 4.72 Å². The summed E-state index contributed by atoms with van der Waals surface area (Å²) in [7, 11) is -2.11.